The van der Waals surface area contributed by atoms with Gasteiger partial charge in [0.2, 0.25) is 0 Å². The van der Waals surface area contributed by atoms with Gasteiger partial charge in [0, 0.05) is 0 Å². The Balaban J connectivity index is 2.00. The second-order valence-electron chi connectivity index (χ2n) is 3.72. The van der Waals surface area contributed by atoms with Crippen LogP contribution < -0.4 is 0 Å². The molecule has 0 aliphatic rings. The second-order valence-corrected chi connectivity index (χ2v) is 3.72. The van der Waals surface area contributed by atoms with Gasteiger partial charge in [0.05, 0.1) is 5.56 Å². The molecule has 2 rings (SSSR count). The fraction of sp³-hybridized carbons (Fsp3) is 0.0714. The van der Waals surface area contributed by atoms with Crippen LogP contribution in [0.1, 0.15) is 15.9 Å². The van der Waals surface area contributed by atoms with Crippen LogP contribution in [0, 0.1) is 11.6 Å². The van der Waals surface area contributed by atoms with Crippen LogP contribution in [-0.4, -0.2) is 5.97 Å². The van der Waals surface area contributed by atoms with E-state index < -0.39 is 17.6 Å². The summed E-state index contributed by atoms with van der Waals surface area (Å²) in [6.45, 7) is -0.0485. The van der Waals surface area contributed by atoms with Gasteiger partial charge in [-0.05, 0) is 35.9 Å². The zero-order chi connectivity index (χ0) is 13.0. The average molecular weight is 248 g/mol. The quantitative estimate of drug-likeness (QED) is 0.779. The minimum absolute atomic E-state index is 0.0485. The van der Waals surface area contributed by atoms with Crippen LogP contribution in [0.4, 0.5) is 8.78 Å². The van der Waals surface area contributed by atoms with Crippen molar-refractivity contribution in [3.05, 3.63) is 71.3 Å². The third-order valence-electron chi connectivity index (χ3n) is 2.32. The van der Waals surface area contributed by atoms with E-state index in [0.29, 0.717) is 5.56 Å². The number of carbonyl (C=O) groups excluding carboxylic acids is 1. The predicted octanol–water partition coefficient (Wildman–Crippen LogP) is 3.32. The Hall–Kier alpha value is -2.23. The monoisotopic (exact) mass is 248 g/mol. The van der Waals surface area contributed by atoms with Crippen LogP contribution in [-0.2, 0) is 11.3 Å². The molecule has 0 spiro atoms. The molecule has 0 unspecified atom stereocenters. The highest BCUT2D eigenvalue weighted by atomic mass is 19.1. The molecule has 2 aromatic carbocycles. The lowest BCUT2D eigenvalue weighted by Gasteiger charge is -2.05. The molecule has 0 atom stereocenters. The van der Waals surface area contributed by atoms with Gasteiger partial charge in [0.15, 0.2) is 0 Å². The molecule has 2 aromatic rings. The van der Waals surface area contributed by atoms with Gasteiger partial charge in [0.25, 0.3) is 0 Å². The van der Waals surface area contributed by atoms with Crippen molar-refractivity contribution in [2.75, 3.05) is 0 Å². The van der Waals surface area contributed by atoms with E-state index >= 15 is 0 Å². The summed E-state index contributed by atoms with van der Waals surface area (Å²) < 4.78 is 30.7. The molecule has 18 heavy (non-hydrogen) atoms. The van der Waals surface area contributed by atoms with Crippen LogP contribution in [0.5, 0.6) is 0 Å². The van der Waals surface area contributed by atoms with Crippen LogP contribution >= 0.6 is 0 Å². The van der Waals surface area contributed by atoms with Gasteiger partial charge in [-0.1, -0.05) is 18.2 Å². The number of benzene rings is 2. The molecule has 0 aliphatic carbocycles. The number of halogens is 2. The van der Waals surface area contributed by atoms with Crippen molar-refractivity contribution in [1.29, 1.82) is 0 Å². The lowest BCUT2D eigenvalue weighted by atomic mass is 10.2. The van der Waals surface area contributed by atoms with Crippen molar-refractivity contribution in [3.63, 3.8) is 0 Å². The minimum Gasteiger partial charge on any atom is -0.457 e. The van der Waals surface area contributed by atoms with E-state index in [9.17, 15) is 13.6 Å². The molecule has 0 saturated heterocycles. The van der Waals surface area contributed by atoms with E-state index in [0.717, 1.165) is 6.07 Å². The second kappa shape index (κ2) is 5.40. The summed E-state index contributed by atoms with van der Waals surface area (Å²) in [7, 11) is 0. The standard InChI is InChI=1S/C14H10F2O2/c15-12-5-1-3-10(7-12)9-18-14(17)11-4-2-6-13(16)8-11/h1-8H,9H2. The summed E-state index contributed by atoms with van der Waals surface area (Å²) in [5, 5.41) is 0. The summed E-state index contributed by atoms with van der Waals surface area (Å²) >= 11 is 0. The maximum absolute atomic E-state index is 12.9. The van der Waals surface area contributed by atoms with Crippen LogP contribution in [0.3, 0.4) is 0 Å². The predicted molar refractivity (Wildman–Crippen MR) is 61.9 cm³/mol. The van der Waals surface area contributed by atoms with Crippen molar-refractivity contribution >= 4 is 5.97 Å². The first kappa shape index (κ1) is 12.2. The van der Waals surface area contributed by atoms with Crippen molar-refractivity contribution in [2.24, 2.45) is 0 Å². The number of hydrogen-bond donors (Lipinski definition) is 0. The first-order valence-electron chi connectivity index (χ1n) is 5.32. The molecule has 0 N–H and O–H groups in total. The van der Waals surface area contributed by atoms with E-state index in [1.165, 1.54) is 36.4 Å². The molecule has 0 aromatic heterocycles. The van der Waals surface area contributed by atoms with Gasteiger partial charge in [-0.2, -0.15) is 0 Å². The van der Waals surface area contributed by atoms with Crippen LogP contribution in [0.2, 0.25) is 0 Å². The van der Waals surface area contributed by atoms with Gasteiger partial charge in [-0.15, -0.1) is 0 Å². The fourth-order valence-corrected chi connectivity index (χ4v) is 1.47. The number of esters is 1. The van der Waals surface area contributed by atoms with E-state index in [2.05, 4.69) is 0 Å². The Labute approximate surface area is 103 Å². The highest BCUT2D eigenvalue weighted by molar-refractivity contribution is 5.89. The number of hydrogen-bond acceptors (Lipinski definition) is 2. The molecule has 4 heteroatoms. The lowest BCUT2D eigenvalue weighted by Crippen LogP contribution is -2.05. The summed E-state index contributed by atoms with van der Waals surface area (Å²) in [6.07, 6.45) is 0. The van der Waals surface area contributed by atoms with Gasteiger partial charge in [-0.25, -0.2) is 13.6 Å². The van der Waals surface area contributed by atoms with Crippen molar-refractivity contribution < 1.29 is 18.3 Å². The molecular weight excluding hydrogens is 238 g/mol. The zero-order valence-corrected chi connectivity index (χ0v) is 9.40. The van der Waals surface area contributed by atoms with E-state index in [4.69, 9.17) is 4.74 Å². The Kier molecular flexibility index (Phi) is 3.67. The first-order chi connectivity index (χ1) is 8.65. The fourth-order valence-electron chi connectivity index (χ4n) is 1.47. The maximum atomic E-state index is 12.9. The molecule has 92 valence electrons. The molecule has 0 heterocycles. The van der Waals surface area contributed by atoms with E-state index in [1.807, 2.05) is 0 Å². The van der Waals surface area contributed by atoms with E-state index in [1.54, 1.807) is 6.07 Å². The highest BCUT2D eigenvalue weighted by Gasteiger charge is 2.08. The summed E-state index contributed by atoms with van der Waals surface area (Å²) in [5.74, 6) is -1.54. The molecule has 0 fully saturated rings. The maximum Gasteiger partial charge on any atom is 0.338 e. The first-order valence-corrected chi connectivity index (χ1v) is 5.32. The zero-order valence-electron chi connectivity index (χ0n) is 9.40. The molecule has 0 bridgehead atoms. The molecule has 0 saturated carbocycles. The smallest absolute Gasteiger partial charge is 0.338 e. The largest absolute Gasteiger partial charge is 0.457 e. The molecule has 0 aliphatic heterocycles. The highest BCUT2D eigenvalue weighted by Crippen LogP contribution is 2.09. The number of rotatable bonds is 3. The lowest BCUT2D eigenvalue weighted by molar-refractivity contribution is 0.0471. The van der Waals surface area contributed by atoms with Gasteiger partial charge in [-0.3, -0.25) is 0 Å². The normalized spacial score (nSPS) is 10.1. The third-order valence-corrected chi connectivity index (χ3v) is 2.32. The minimum atomic E-state index is -0.640. The van der Waals surface area contributed by atoms with Crippen LogP contribution in [0.25, 0.3) is 0 Å². The molecular formula is C14H10F2O2. The van der Waals surface area contributed by atoms with Crippen molar-refractivity contribution in [3.8, 4) is 0 Å². The van der Waals surface area contributed by atoms with Gasteiger partial charge < -0.3 is 4.74 Å². The number of carbonyl (C=O) groups is 1. The van der Waals surface area contributed by atoms with Gasteiger partial charge in [0.1, 0.15) is 18.2 Å². The summed E-state index contributed by atoms with van der Waals surface area (Å²) in [5.41, 5.74) is 0.672. The Morgan fingerprint density at radius 2 is 1.67 bits per heavy atom. The topological polar surface area (TPSA) is 26.3 Å². The summed E-state index contributed by atoms with van der Waals surface area (Å²) in [4.78, 5) is 11.6. The van der Waals surface area contributed by atoms with Crippen LogP contribution in [0.15, 0.2) is 48.5 Å². The Morgan fingerprint density at radius 1 is 1.00 bits per heavy atom. The molecule has 0 radical (unpaired) electrons. The molecule has 2 nitrogen and oxygen atoms in total. The summed E-state index contributed by atoms with van der Waals surface area (Å²) in [6, 6.07) is 11.0. The Bertz CT molecular complexity index is 567. The third kappa shape index (κ3) is 3.13. The van der Waals surface area contributed by atoms with Gasteiger partial charge >= 0.3 is 5.97 Å². The number of ether oxygens (including phenoxy) is 1. The van der Waals surface area contributed by atoms with E-state index in [-0.39, 0.29) is 12.2 Å². The average Bonchev–Trinajstić information content (AvgIpc) is 2.36. The SMILES string of the molecule is O=C(OCc1cccc(F)c1)c1cccc(F)c1. The Morgan fingerprint density at radius 3 is 2.33 bits per heavy atom. The molecule has 0 amide bonds. The van der Waals surface area contributed by atoms with Crippen molar-refractivity contribution in [2.45, 2.75) is 6.61 Å². The van der Waals surface area contributed by atoms with Crippen molar-refractivity contribution in [1.82, 2.24) is 0 Å².